The monoisotopic (exact) mass is 2020 g/mol. The van der Waals surface area contributed by atoms with Gasteiger partial charge < -0.3 is 39.2 Å². The fourth-order valence-electron chi connectivity index (χ4n) is 25.0. The number of rotatable bonds is 67. The molecule has 0 aliphatic carbocycles. The van der Waals surface area contributed by atoms with Crippen LogP contribution in [0.25, 0.3) is 0 Å². The maximum atomic E-state index is 6.93. The molecule has 8 rings (SSSR count). The Morgan fingerprint density at radius 2 is 0.386 bits per heavy atom. The summed E-state index contributed by atoms with van der Waals surface area (Å²) in [5.74, 6) is 12.7. The number of unbranched alkanes of at least 4 members (excludes halogenated alkanes) is 14. The third-order valence-corrected chi connectivity index (χ3v) is 30.9. The van der Waals surface area contributed by atoms with E-state index in [1.54, 1.807) is 0 Å². The highest BCUT2D eigenvalue weighted by molar-refractivity contribution is 5.54. The highest BCUT2D eigenvalue weighted by Crippen LogP contribution is 2.49. The van der Waals surface area contributed by atoms with Crippen molar-refractivity contribution < 1.29 is 24.2 Å². The van der Waals surface area contributed by atoms with Gasteiger partial charge in [-0.15, -0.1) is 6.42 Å². The Labute approximate surface area is 887 Å². The summed E-state index contributed by atoms with van der Waals surface area (Å²) >= 11 is 0. The first kappa shape index (κ1) is 124. The molecule has 0 saturated carbocycles. The first-order valence-corrected chi connectivity index (χ1v) is 59.0. The second-order valence-electron chi connectivity index (χ2n) is 49.9. The lowest BCUT2D eigenvalue weighted by molar-refractivity contribution is -0.282. The average Bonchev–Trinajstić information content (AvgIpc) is 0.742. The van der Waals surface area contributed by atoms with Gasteiger partial charge in [-0.2, -0.15) is 70.2 Å². The Morgan fingerprint density at radius 3 is 0.559 bits per heavy atom. The Bertz CT molecular complexity index is 3890. The number of hydrogen-bond donors (Lipinski definition) is 0. The highest BCUT2D eigenvalue weighted by atomic mass is 16.7. The van der Waals surface area contributed by atoms with E-state index in [4.69, 9.17) is 75.5 Å². The van der Waals surface area contributed by atoms with Gasteiger partial charge in [0.05, 0.1) is 33.0 Å². The molecule has 0 aromatic carbocycles. The third-order valence-electron chi connectivity index (χ3n) is 30.9. The predicted octanol–water partition coefficient (Wildman–Crippen LogP) is 25.8. The van der Waals surface area contributed by atoms with Crippen molar-refractivity contribution in [2.24, 2.45) is 0 Å². The zero-order valence-electron chi connectivity index (χ0n) is 99.4. The van der Waals surface area contributed by atoms with E-state index in [2.05, 4.69) is 316 Å². The Morgan fingerprint density at radius 1 is 0.221 bits per heavy atom. The fourth-order valence-corrected chi connectivity index (χ4v) is 25.0. The lowest BCUT2D eigenvalue weighted by Gasteiger charge is -2.56. The van der Waals surface area contributed by atoms with Gasteiger partial charge in [0.2, 0.25) is 53.5 Å². The van der Waals surface area contributed by atoms with Gasteiger partial charge in [-0.05, 0) is 318 Å². The van der Waals surface area contributed by atoms with Crippen LogP contribution < -0.4 is 44.1 Å². The van der Waals surface area contributed by atoms with Crippen molar-refractivity contribution in [2.45, 2.75) is 564 Å². The minimum atomic E-state index is -0.421. The number of nitrogens with zero attached hydrogens (tertiary/aromatic N) is 23. The normalized spacial score (nSPS) is 19.7. The molecule has 28 heteroatoms. The van der Waals surface area contributed by atoms with E-state index in [0.717, 1.165) is 339 Å². The van der Waals surface area contributed by atoms with Crippen molar-refractivity contribution in [3.63, 3.8) is 0 Å². The largest absolute Gasteiger partial charge is 0.341 e. The molecule has 0 spiro atoms. The number of aromatic nitrogens is 9. The topological polar surface area (TPSA) is 208 Å². The van der Waals surface area contributed by atoms with Gasteiger partial charge in [0.15, 0.2) is 0 Å². The molecule has 0 N–H and O–H groups in total. The predicted molar refractivity (Wildman–Crippen MR) is 609 cm³/mol. The quantitative estimate of drug-likeness (QED) is 0.0292. The Balaban J connectivity index is 1.31. The molecule has 0 radical (unpaired) electrons. The van der Waals surface area contributed by atoms with Gasteiger partial charge in [0.1, 0.15) is 0 Å². The van der Waals surface area contributed by atoms with Gasteiger partial charge >= 0.3 is 0 Å². The van der Waals surface area contributed by atoms with Crippen molar-refractivity contribution in [3.8, 4) is 24.3 Å². The van der Waals surface area contributed by atoms with Gasteiger partial charge in [-0.3, -0.25) is 29.1 Å². The summed E-state index contributed by atoms with van der Waals surface area (Å²) in [6, 6.07) is 3.70. The van der Waals surface area contributed by atoms with Crippen LogP contribution in [-0.2, 0) is 24.2 Å². The molecule has 830 valence electrons. The molecule has 0 amide bonds. The molecule has 3 aromatic rings. The van der Waals surface area contributed by atoms with Crippen LogP contribution in [0.5, 0.6) is 0 Å². The molecular weight excluding hydrogens is 1810 g/mol. The van der Waals surface area contributed by atoms with Crippen LogP contribution in [0.1, 0.15) is 479 Å². The highest BCUT2D eigenvalue weighted by Gasteiger charge is 2.55. The van der Waals surface area contributed by atoms with Crippen molar-refractivity contribution in [2.75, 3.05) is 156 Å². The summed E-state index contributed by atoms with van der Waals surface area (Å²) < 4.78 is 0. The van der Waals surface area contributed by atoms with E-state index in [0.29, 0.717) is 76.8 Å². The van der Waals surface area contributed by atoms with Crippen LogP contribution in [0.15, 0.2) is 0 Å². The van der Waals surface area contributed by atoms with Crippen LogP contribution in [0.3, 0.4) is 0 Å². The Hall–Kier alpha value is -6.05. The standard InChI is InChI=1S/C117H217N23O5/c1-35-49-66-127(67-50-36-2)99-118-100(128(68-51-37-3)69-52-38-4)121-103(120-99)132(95-86-110(19,20)137(142-80-45-11)111(21,22)87-95)75-62-58-60-64-77-134(97-90-114(27,28)139(144-82-47-13)115(29,30)91-97)106-124-105(131(74-57-43-9)94-84-108(15,16)136(141-79-44-10)109(17,18)85-94)125-107(126-106)135(98-92-116(31,32)140(145-83-48-14)117(33,34)93-98)78-65-61-59-63-76-133(96-88-112(23,24)138(143-81-46-12)113(25,26)89-96)104-122-101(129(70-53-39-5)71-54-40-6)119-102(123-104)130(72-55-41-7)73-56-42-8/h9,94-98H,35-42,44-56,58-73,75-93H2,1-8,10-34H3. The first-order valence-electron chi connectivity index (χ1n) is 59.0. The van der Waals surface area contributed by atoms with E-state index in [1.165, 1.54) is 0 Å². The molecule has 28 nitrogen and oxygen atoms in total. The summed E-state index contributed by atoms with van der Waals surface area (Å²) in [5.41, 5.74) is -3.50. The van der Waals surface area contributed by atoms with E-state index < -0.39 is 11.1 Å². The zero-order chi connectivity index (χ0) is 107. The van der Waals surface area contributed by atoms with E-state index in [1.807, 2.05) is 0 Å². The van der Waals surface area contributed by atoms with Gasteiger partial charge in [0.25, 0.3) is 0 Å². The molecule has 5 saturated heterocycles. The summed E-state index contributed by atoms with van der Waals surface area (Å²) in [4.78, 5) is 109. The number of terminal acetylenes is 1. The summed E-state index contributed by atoms with van der Waals surface area (Å²) in [6.07, 6.45) is 44.2. The molecule has 5 aliphatic rings. The smallest absolute Gasteiger partial charge is 0.244 e. The molecule has 5 fully saturated rings. The molecule has 5 aliphatic heterocycles. The first-order chi connectivity index (χ1) is 68.8. The Kier molecular flexibility index (Phi) is 49.8. The number of anilines is 9. The second-order valence-corrected chi connectivity index (χ2v) is 49.9. The SMILES string of the molecule is C#CC#CN(c1nc(N(CCCCCCN(c2nc(N(CCCC)CCCC)nc(N(CCCC)CCCC)n2)C2CC(C)(C)N(OCCC)C(C)(C)C2)C2CC(C)(C)N(OCCC)C(C)(C)C2)nc(N(CCCCCCN(c2nc(N(CCCC)CCCC)nc(N(CCCC)CCCC)n2)C2CC(C)(C)N(OCCC)C(C)(C)C2)C2CC(C)(C)N(OCCC)C(C)(C)C2)n1)C1CC(C)(C)N(OCCC)C(C)(C)C1. The van der Waals surface area contributed by atoms with Crippen LogP contribution >= 0.6 is 0 Å². The average molecular weight is 2030 g/mol. The van der Waals surface area contributed by atoms with Gasteiger partial charge in [0, 0.05) is 176 Å². The molecule has 0 unspecified atom stereocenters. The van der Waals surface area contributed by atoms with Crippen molar-refractivity contribution >= 4 is 53.5 Å². The van der Waals surface area contributed by atoms with Crippen LogP contribution in [0, 0.1) is 24.3 Å². The maximum absolute atomic E-state index is 6.93. The molecule has 3 aromatic heterocycles. The van der Waals surface area contributed by atoms with Crippen molar-refractivity contribution in [1.82, 2.24) is 70.2 Å². The van der Waals surface area contributed by atoms with E-state index >= 15 is 0 Å². The van der Waals surface area contributed by atoms with E-state index in [9.17, 15) is 0 Å². The number of hydroxylamine groups is 10. The molecule has 8 heterocycles. The van der Waals surface area contributed by atoms with Gasteiger partial charge in [-0.25, -0.2) is 0 Å². The number of hydrogen-bond acceptors (Lipinski definition) is 28. The summed E-state index contributed by atoms with van der Waals surface area (Å²) in [7, 11) is 0. The number of piperidine rings is 5. The van der Waals surface area contributed by atoms with Crippen LogP contribution in [0.2, 0.25) is 0 Å². The molecule has 145 heavy (non-hydrogen) atoms. The summed E-state index contributed by atoms with van der Waals surface area (Å²) in [6.45, 7) is 90.4. The molecule has 0 atom stereocenters. The maximum Gasteiger partial charge on any atom is 0.244 e. The molecule has 0 bridgehead atoms. The van der Waals surface area contributed by atoms with Gasteiger partial charge in [-0.1, -0.05) is 167 Å². The van der Waals surface area contributed by atoms with Crippen LogP contribution in [-0.4, -0.2) is 267 Å². The lowest BCUT2D eigenvalue weighted by Crippen LogP contribution is -2.64. The van der Waals surface area contributed by atoms with E-state index in [-0.39, 0.29) is 74.5 Å². The minimum Gasteiger partial charge on any atom is -0.341 e. The molecular formula is C117H217N23O5. The lowest BCUT2D eigenvalue weighted by atomic mass is 9.78. The minimum absolute atomic E-state index is 0.0107. The third kappa shape index (κ3) is 35.0. The van der Waals surface area contributed by atoms with Crippen LogP contribution in [0.4, 0.5) is 53.5 Å². The van der Waals surface area contributed by atoms with Crippen molar-refractivity contribution in [1.29, 1.82) is 0 Å². The summed E-state index contributed by atoms with van der Waals surface area (Å²) in [5, 5.41) is 11.6. The van der Waals surface area contributed by atoms with Crippen molar-refractivity contribution in [3.05, 3.63) is 0 Å². The second kappa shape index (κ2) is 58.1. The zero-order valence-corrected chi connectivity index (χ0v) is 99.4. The fraction of sp³-hybridized carbons (Fsp3) is 0.889.